The summed E-state index contributed by atoms with van der Waals surface area (Å²) in [4.78, 5) is 17.5. The lowest BCUT2D eigenvalue weighted by Gasteiger charge is -2.37. The number of anilines is 1. The summed E-state index contributed by atoms with van der Waals surface area (Å²) in [5.74, 6) is 0.863. The quantitative estimate of drug-likeness (QED) is 0.526. The second-order valence-electron chi connectivity index (χ2n) is 6.55. The topological polar surface area (TPSA) is 68.5 Å². The molecular formula is C20H19N3O3. The summed E-state index contributed by atoms with van der Waals surface area (Å²) < 4.78 is 6.11. The molecular weight excluding hydrogens is 330 g/mol. The third-order valence-electron chi connectivity index (χ3n) is 4.62. The highest BCUT2D eigenvalue weighted by atomic mass is 16.6. The molecule has 2 unspecified atom stereocenters. The molecule has 0 aliphatic carbocycles. The fourth-order valence-electron chi connectivity index (χ4n) is 3.38. The molecule has 0 radical (unpaired) electrons. The number of hydrogen-bond donors (Lipinski definition) is 0. The van der Waals surface area contributed by atoms with Crippen molar-refractivity contribution in [2.24, 2.45) is 0 Å². The second kappa shape index (κ2) is 6.72. The zero-order valence-electron chi connectivity index (χ0n) is 14.4. The van der Waals surface area contributed by atoms with Gasteiger partial charge in [-0.15, -0.1) is 0 Å². The van der Waals surface area contributed by atoms with Gasteiger partial charge in [-0.05, 0) is 30.7 Å². The molecule has 1 aliphatic rings. The molecule has 6 nitrogen and oxygen atoms in total. The molecule has 3 aromatic rings. The Hall–Kier alpha value is -2.99. The van der Waals surface area contributed by atoms with Crippen LogP contribution in [0.5, 0.6) is 0 Å². The van der Waals surface area contributed by atoms with Crippen molar-refractivity contribution >= 4 is 22.4 Å². The van der Waals surface area contributed by atoms with E-state index in [0.29, 0.717) is 0 Å². The third kappa shape index (κ3) is 3.23. The number of nitrogens with zero attached hydrogens (tertiary/aromatic N) is 3. The normalized spacial score (nSPS) is 20.3. The smallest absolute Gasteiger partial charge is 0.270 e. The van der Waals surface area contributed by atoms with Crippen molar-refractivity contribution in [1.82, 2.24) is 4.98 Å². The first-order valence-electron chi connectivity index (χ1n) is 8.61. The van der Waals surface area contributed by atoms with Gasteiger partial charge in [-0.1, -0.05) is 30.3 Å². The summed E-state index contributed by atoms with van der Waals surface area (Å²) in [7, 11) is 0. The second-order valence-corrected chi connectivity index (χ2v) is 6.55. The molecule has 0 spiro atoms. The van der Waals surface area contributed by atoms with Crippen LogP contribution in [0, 0.1) is 10.1 Å². The average molecular weight is 349 g/mol. The zero-order valence-corrected chi connectivity index (χ0v) is 14.4. The summed E-state index contributed by atoms with van der Waals surface area (Å²) in [6.45, 7) is 3.54. The average Bonchev–Trinajstić information content (AvgIpc) is 2.67. The summed E-state index contributed by atoms with van der Waals surface area (Å²) in [6.07, 6.45) is 0.0811. The summed E-state index contributed by atoms with van der Waals surface area (Å²) in [5.41, 5.74) is 1.99. The minimum absolute atomic E-state index is 0.00527. The Labute approximate surface area is 151 Å². The summed E-state index contributed by atoms with van der Waals surface area (Å²) in [5, 5.41) is 11.7. The molecule has 4 rings (SSSR count). The van der Waals surface area contributed by atoms with Gasteiger partial charge in [-0.2, -0.15) is 0 Å². The number of hydrogen-bond acceptors (Lipinski definition) is 5. The number of nitro benzene ring substituents is 1. The van der Waals surface area contributed by atoms with Gasteiger partial charge in [0.2, 0.25) is 0 Å². The van der Waals surface area contributed by atoms with Crippen LogP contribution in [-0.2, 0) is 4.74 Å². The molecule has 0 N–H and O–H groups in total. The van der Waals surface area contributed by atoms with Crippen molar-refractivity contribution in [3.8, 4) is 0 Å². The zero-order chi connectivity index (χ0) is 18.1. The van der Waals surface area contributed by atoms with Crippen molar-refractivity contribution in [1.29, 1.82) is 0 Å². The van der Waals surface area contributed by atoms with Gasteiger partial charge >= 0.3 is 0 Å². The Morgan fingerprint density at radius 3 is 2.69 bits per heavy atom. The molecule has 1 saturated heterocycles. The van der Waals surface area contributed by atoms with Gasteiger partial charge in [0, 0.05) is 30.6 Å². The van der Waals surface area contributed by atoms with Crippen LogP contribution in [0.1, 0.15) is 18.6 Å². The molecule has 0 bridgehead atoms. The van der Waals surface area contributed by atoms with Crippen LogP contribution in [0.25, 0.3) is 10.9 Å². The number of morpholine rings is 1. The van der Waals surface area contributed by atoms with Crippen molar-refractivity contribution in [2.75, 3.05) is 18.0 Å². The van der Waals surface area contributed by atoms with Gasteiger partial charge in [0.05, 0.1) is 16.5 Å². The summed E-state index contributed by atoms with van der Waals surface area (Å²) in [6, 6.07) is 18.8. The minimum Gasteiger partial charge on any atom is -0.367 e. The highest BCUT2D eigenvalue weighted by molar-refractivity contribution is 5.82. The number of nitro groups is 1. The molecule has 2 atom stereocenters. The first kappa shape index (κ1) is 16.5. The largest absolute Gasteiger partial charge is 0.367 e. The maximum absolute atomic E-state index is 10.9. The molecule has 26 heavy (non-hydrogen) atoms. The van der Waals surface area contributed by atoms with Gasteiger partial charge in [0.15, 0.2) is 0 Å². The monoisotopic (exact) mass is 349 g/mol. The van der Waals surface area contributed by atoms with Crippen LogP contribution in [0.2, 0.25) is 0 Å². The lowest BCUT2D eigenvalue weighted by atomic mass is 10.1. The Morgan fingerprint density at radius 2 is 1.92 bits per heavy atom. The SMILES string of the molecule is CC1CN(c2ccc3cc([N+](=O)[O-])ccc3n2)CC(c2ccccc2)O1. The number of fused-ring (bicyclic) bond motifs is 1. The van der Waals surface area contributed by atoms with Crippen molar-refractivity contribution in [2.45, 2.75) is 19.1 Å². The fraction of sp³-hybridized carbons (Fsp3) is 0.250. The van der Waals surface area contributed by atoms with Crippen LogP contribution in [0.15, 0.2) is 60.7 Å². The van der Waals surface area contributed by atoms with E-state index in [0.717, 1.165) is 35.4 Å². The maximum Gasteiger partial charge on any atom is 0.270 e. The number of ether oxygens (including phenoxy) is 1. The number of benzene rings is 2. The molecule has 6 heteroatoms. The molecule has 0 saturated carbocycles. The molecule has 1 aromatic heterocycles. The first-order chi connectivity index (χ1) is 12.6. The summed E-state index contributed by atoms with van der Waals surface area (Å²) >= 11 is 0. The molecule has 2 aromatic carbocycles. The fourth-order valence-corrected chi connectivity index (χ4v) is 3.38. The van der Waals surface area contributed by atoms with E-state index in [9.17, 15) is 10.1 Å². The number of aromatic nitrogens is 1. The van der Waals surface area contributed by atoms with E-state index in [-0.39, 0.29) is 22.8 Å². The van der Waals surface area contributed by atoms with Gasteiger partial charge in [-0.25, -0.2) is 4.98 Å². The van der Waals surface area contributed by atoms with Gasteiger partial charge in [-0.3, -0.25) is 10.1 Å². The van der Waals surface area contributed by atoms with E-state index in [2.05, 4.69) is 24.0 Å². The molecule has 1 fully saturated rings. The highest BCUT2D eigenvalue weighted by Crippen LogP contribution is 2.29. The maximum atomic E-state index is 10.9. The standard InChI is InChI=1S/C20H19N3O3/c1-14-12-22(13-19(26-14)15-5-3-2-4-6-15)20-10-7-16-11-17(23(24)25)8-9-18(16)21-20/h2-11,14,19H,12-13H2,1H3. The van der Waals surface area contributed by atoms with E-state index < -0.39 is 0 Å². The number of pyridine rings is 1. The van der Waals surface area contributed by atoms with Crippen LogP contribution < -0.4 is 4.90 Å². The van der Waals surface area contributed by atoms with Gasteiger partial charge < -0.3 is 9.64 Å². The molecule has 0 amide bonds. The molecule has 132 valence electrons. The lowest BCUT2D eigenvalue weighted by molar-refractivity contribution is -0.384. The van der Waals surface area contributed by atoms with E-state index >= 15 is 0 Å². The predicted molar refractivity (Wildman–Crippen MR) is 100 cm³/mol. The minimum atomic E-state index is -0.387. The van der Waals surface area contributed by atoms with Gasteiger partial charge in [0.1, 0.15) is 11.9 Å². The lowest BCUT2D eigenvalue weighted by Crippen LogP contribution is -2.43. The first-order valence-corrected chi connectivity index (χ1v) is 8.61. The van der Waals surface area contributed by atoms with Crippen LogP contribution in [-0.4, -0.2) is 29.1 Å². The predicted octanol–water partition coefficient (Wildman–Crippen LogP) is 4.11. The van der Waals surface area contributed by atoms with Crippen molar-refractivity contribution in [3.05, 3.63) is 76.3 Å². The Bertz CT molecular complexity index is 945. The van der Waals surface area contributed by atoms with Gasteiger partial charge in [0.25, 0.3) is 5.69 Å². The third-order valence-corrected chi connectivity index (χ3v) is 4.62. The van der Waals surface area contributed by atoms with Crippen LogP contribution in [0.3, 0.4) is 0 Å². The number of rotatable bonds is 3. The van der Waals surface area contributed by atoms with Crippen molar-refractivity contribution < 1.29 is 9.66 Å². The molecule has 2 heterocycles. The Kier molecular flexibility index (Phi) is 4.26. The van der Waals surface area contributed by atoms with Crippen molar-refractivity contribution in [3.63, 3.8) is 0 Å². The molecule has 1 aliphatic heterocycles. The number of non-ortho nitro benzene ring substituents is 1. The van der Waals surface area contributed by atoms with E-state index in [1.165, 1.54) is 6.07 Å². The van der Waals surface area contributed by atoms with Crippen LogP contribution >= 0.6 is 0 Å². The Balaban J connectivity index is 1.63. The van der Waals surface area contributed by atoms with E-state index in [1.54, 1.807) is 12.1 Å². The highest BCUT2D eigenvalue weighted by Gasteiger charge is 2.27. The van der Waals surface area contributed by atoms with Crippen LogP contribution in [0.4, 0.5) is 11.5 Å². The van der Waals surface area contributed by atoms with E-state index in [1.807, 2.05) is 30.3 Å². The Morgan fingerprint density at radius 1 is 1.12 bits per heavy atom. The van der Waals surface area contributed by atoms with E-state index in [4.69, 9.17) is 9.72 Å².